The van der Waals surface area contributed by atoms with Gasteiger partial charge in [0.05, 0.1) is 16.9 Å². The van der Waals surface area contributed by atoms with Gasteiger partial charge in [0, 0.05) is 0 Å². The molecule has 3 rings (SSSR count). The summed E-state index contributed by atoms with van der Waals surface area (Å²) in [5, 5.41) is 13.5. The van der Waals surface area contributed by atoms with Gasteiger partial charge in [-0.15, -0.1) is 0 Å². The summed E-state index contributed by atoms with van der Waals surface area (Å²) in [5.74, 6) is -2.06. The van der Waals surface area contributed by atoms with E-state index in [4.69, 9.17) is 9.47 Å². The molecule has 0 aliphatic heterocycles. The van der Waals surface area contributed by atoms with Crippen molar-refractivity contribution in [1.82, 2.24) is 0 Å². The fourth-order valence-corrected chi connectivity index (χ4v) is 2.39. The highest BCUT2D eigenvalue weighted by Crippen LogP contribution is 2.26. The Bertz CT molecular complexity index is 997. The second-order valence-corrected chi connectivity index (χ2v) is 5.85. The number of hydrogen-bond acceptors (Lipinski definition) is 5. The molecule has 30 heavy (non-hydrogen) atoms. The van der Waals surface area contributed by atoms with Crippen molar-refractivity contribution in [2.24, 2.45) is 0 Å². The topological polar surface area (TPSA) is 114 Å². The molecule has 3 aromatic rings. The Morgan fingerprint density at radius 1 is 0.733 bits per heavy atom. The maximum absolute atomic E-state index is 14.8. The molecule has 0 heterocycles. The Kier molecular flexibility index (Phi) is 6.23. The van der Waals surface area contributed by atoms with Crippen molar-refractivity contribution in [2.45, 2.75) is 0 Å². The Labute approximate surface area is 169 Å². The number of aromatic carboxylic acids is 1. The van der Waals surface area contributed by atoms with Gasteiger partial charge in [0.15, 0.2) is 5.82 Å². The van der Waals surface area contributed by atoms with Gasteiger partial charge in [-0.1, -0.05) is 36.4 Å². The molecular formula is C21H15FN2O6. The number of carboxylic acids is 1. The van der Waals surface area contributed by atoms with Gasteiger partial charge >= 0.3 is 18.2 Å². The number of rotatable bonds is 5. The summed E-state index contributed by atoms with van der Waals surface area (Å²) in [5.41, 5.74) is -1.36. The van der Waals surface area contributed by atoms with Gasteiger partial charge < -0.3 is 14.6 Å². The molecule has 8 nitrogen and oxygen atoms in total. The number of anilines is 2. The van der Waals surface area contributed by atoms with Crippen molar-refractivity contribution < 1.29 is 33.4 Å². The highest BCUT2D eigenvalue weighted by Gasteiger charge is 2.19. The van der Waals surface area contributed by atoms with Gasteiger partial charge in [0.25, 0.3) is 0 Å². The van der Waals surface area contributed by atoms with Gasteiger partial charge in [0.1, 0.15) is 11.5 Å². The molecule has 0 aromatic heterocycles. The van der Waals surface area contributed by atoms with E-state index in [1.165, 1.54) is 24.3 Å². The Hall–Kier alpha value is -4.40. The summed E-state index contributed by atoms with van der Waals surface area (Å²) in [6.45, 7) is 0. The largest absolute Gasteiger partial charge is 0.478 e. The van der Waals surface area contributed by atoms with Crippen LogP contribution in [0.2, 0.25) is 0 Å². The second kappa shape index (κ2) is 9.20. The van der Waals surface area contributed by atoms with E-state index in [0.29, 0.717) is 0 Å². The average molecular weight is 410 g/mol. The van der Waals surface area contributed by atoms with Gasteiger partial charge in [-0.25, -0.2) is 18.8 Å². The second-order valence-electron chi connectivity index (χ2n) is 5.85. The monoisotopic (exact) mass is 410 g/mol. The lowest BCUT2D eigenvalue weighted by Crippen LogP contribution is -2.21. The fourth-order valence-electron chi connectivity index (χ4n) is 2.39. The molecule has 0 fully saturated rings. The Balaban J connectivity index is 1.79. The molecule has 0 aliphatic rings. The summed E-state index contributed by atoms with van der Waals surface area (Å²) < 4.78 is 24.8. The first-order valence-corrected chi connectivity index (χ1v) is 8.57. The molecule has 2 amide bonds. The molecule has 0 radical (unpaired) electrons. The minimum Gasteiger partial charge on any atom is -0.478 e. The molecule has 0 unspecified atom stereocenters. The third kappa shape index (κ3) is 5.32. The number of halogens is 1. The zero-order chi connectivity index (χ0) is 21.5. The zero-order valence-electron chi connectivity index (χ0n) is 15.3. The fraction of sp³-hybridized carbons (Fsp3) is 0. The van der Waals surface area contributed by atoms with Gasteiger partial charge in [-0.2, -0.15) is 0 Å². The quantitative estimate of drug-likeness (QED) is 0.560. The Morgan fingerprint density at radius 3 is 1.50 bits per heavy atom. The van der Waals surface area contributed by atoms with E-state index in [2.05, 4.69) is 10.6 Å². The summed E-state index contributed by atoms with van der Waals surface area (Å²) >= 11 is 0. The number of para-hydroxylation sites is 2. The number of amides is 2. The first-order chi connectivity index (χ1) is 14.4. The third-order valence-corrected chi connectivity index (χ3v) is 3.70. The Morgan fingerprint density at radius 2 is 1.13 bits per heavy atom. The lowest BCUT2D eigenvalue weighted by atomic mass is 10.1. The number of hydrogen-bond donors (Lipinski definition) is 3. The van der Waals surface area contributed by atoms with Gasteiger partial charge in [-0.05, 0) is 36.4 Å². The predicted molar refractivity (Wildman–Crippen MR) is 106 cm³/mol. The zero-order valence-corrected chi connectivity index (χ0v) is 15.3. The minimum atomic E-state index is -1.39. The molecule has 0 saturated carbocycles. The standard InChI is InChI=1S/C21H15FN2O6/c22-18-16(23-20(27)29-14-7-3-1-4-8-14)11-13(19(25)26)12-17(18)24-21(28)30-15-9-5-2-6-10-15/h1-12H,(H,23,27)(H,24,28)(H,25,26). The van der Waals surface area contributed by atoms with Crippen LogP contribution in [0.15, 0.2) is 72.8 Å². The van der Waals surface area contributed by atoms with Crippen LogP contribution in [-0.2, 0) is 0 Å². The molecule has 0 saturated heterocycles. The van der Waals surface area contributed by atoms with Crippen LogP contribution in [0.3, 0.4) is 0 Å². The molecule has 9 heteroatoms. The average Bonchev–Trinajstić information content (AvgIpc) is 2.72. The van der Waals surface area contributed by atoms with Crippen LogP contribution >= 0.6 is 0 Å². The van der Waals surface area contributed by atoms with E-state index in [1.54, 1.807) is 36.4 Å². The number of carbonyl (C=O) groups excluding carboxylic acids is 2. The predicted octanol–water partition coefficient (Wildman–Crippen LogP) is 4.75. The summed E-state index contributed by atoms with van der Waals surface area (Å²) in [4.78, 5) is 35.4. The van der Waals surface area contributed by atoms with Gasteiger partial charge in [0.2, 0.25) is 0 Å². The lowest BCUT2D eigenvalue weighted by Gasteiger charge is -2.13. The van der Waals surface area contributed by atoms with E-state index < -0.39 is 35.3 Å². The molecule has 3 N–H and O–H groups in total. The first-order valence-electron chi connectivity index (χ1n) is 8.57. The third-order valence-electron chi connectivity index (χ3n) is 3.70. The van der Waals surface area contributed by atoms with Gasteiger partial charge in [-0.3, -0.25) is 10.6 Å². The molecule has 152 valence electrons. The van der Waals surface area contributed by atoms with Crippen molar-refractivity contribution in [2.75, 3.05) is 10.6 Å². The molecule has 0 aliphatic carbocycles. The minimum absolute atomic E-state index is 0.203. The van der Waals surface area contributed by atoms with E-state index in [9.17, 15) is 23.9 Å². The molecule has 0 spiro atoms. The van der Waals surface area contributed by atoms with Crippen molar-refractivity contribution in [3.8, 4) is 11.5 Å². The maximum atomic E-state index is 14.8. The number of carbonyl (C=O) groups is 3. The van der Waals surface area contributed by atoms with E-state index >= 15 is 0 Å². The first kappa shape index (κ1) is 20.3. The van der Waals surface area contributed by atoms with Crippen LogP contribution < -0.4 is 20.1 Å². The highest BCUT2D eigenvalue weighted by molar-refractivity contribution is 5.96. The van der Waals surface area contributed by atoms with Crippen LogP contribution in [0.25, 0.3) is 0 Å². The van der Waals surface area contributed by atoms with E-state index in [0.717, 1.165) is 12.1 Å². The molecule has 0 bridgehead atoms. The molecular weight excluding hydrogens is 395 g/mol. The van der Waals surface area contributed by atoms with Crippen LogP contribution in [0.5, 0.6) is 11.5 Å². The van der Waals surface area contributed by atoms with Crippen molar-refractivity contribution in [3.63, 3.8) is 0 Å². The van der Waals surface area contributed by atoms with Crippen molar-refractivity contribution in [1.29, 1.82) is 0 Å². The number of carboxylic acid groups (broad SMARTS) is 1. The summed E-state index contributed by atoms with van der Waals surface area (Å²) in [6.07, 6.45) is -2.08. The normalized spacial score (nSPS) is 10.0. The molecule has 0 atom stereocenters. The van der Waals surface area contributed by atoms with Crippen molar-refractivity contribution >= 4 is 29.5 Å². The summed E-state index contributed by atoms with van der Waals surface area (Å²) in [7, 11) is 0. The lowest BCUT2D eigenvalue weighted by molar-refractivity contribution is 0.0696. The van der Waals surface area contributed by atoms with Crippen LogP contribution in [0.1, 0.15) is 10.4 Å². The highest BCUT2D eigenvalue weighted by atomic mass is 19.1. The van der Waals surface area contributed by atoms with Crippen LogP contribution in [0, 0.1) is 5.82 Å². The van der Waals surface area contributed by atoms with Crippen molar-refractivity contribution in [3.05, 3.63) is 84.2 Å². The molecule has 3 aromatic carbocycles. The SMILES string of the molecule is O=C(Nc1cc(C(=O)O)cc(NC(=O)Oc2ccccc2)c1F)Oc1ccccc1. The van der Waals surface area contributed by atoms with Crippen LogP contribution in [0.4, 0.5) is 25.4 Å². The number of benzene rings is 3. The van der Waals surface area contributed by atoms with E-state index in [1.807, 2.05) is 0 Å². The van der Waals surface area contributed by atoms with Crippen LogP contribution in [-0.4, -0.2) is 23.3 Å². The number of ether oxygens (including phenoxy) is 2. The van der Waals surface area contributed by atoms with E-state index in [-0.39, 0.29) is 17.1 Å². The number of nitrogens with one attached hydrogen (secondary N) is 2. The maximum Gasteiger partial charge on any atom is 0.417 e. The summed E-state index contributed by atoms with van der Waals surface area (Å²) in [6, 6.07) is 17.8. The smallest absolute Gasteiger partial charge is 0.417 e.